The van der Waals surface area contributed by atoms with E-state index in [2.05, 4.69) is 10.6 Å². The Morgan fingerprint density at radius 2 is 1.95 bits per heavy atom. The molecule has 0 saturated heterocycles. The lowest BCUT2D eigenvalue weighted by Crippen LogP contribution is -2.33. The van der Waals surface area contributed by atoms with E-state index < -0.39 is 5.97 Å². The summed E-state index contributed by atoms with van der Waals surface area (Å²) in [5, 5.41) is 5.71. The van der Waals surface area contributed by atoms with Gasteiger partial charge in [0.2, 0.25) is 5.91 Å². The molecule has 0 fully saturated rings. The highest BCUT2D eigenvalue weighted by molar-refractivity contribution is 6.01. The van der Waals surface area contributed by atoms with Crippen LogP contribution in [-0.2, 0) is 9.53 Å². The third-order valence-corrected chi connectivity index (χ3v) is 2.37. The Labute approximate surface area is 113 Å². The summed E-state index contributed by atoms with van der Waals surface area (Å²) in [4.78, 5) is 23.4. The maximum atomic E-state index is 11.7. The lowest BCUT2D eigenvalue weighted by molar-refractivity contribution is -0.115. The molecule has 5 heteroatoms. The van der Waals surface area contributed by atoms with Gasteiger partial charge in [0.15, 0.2) is 0 Å². The molecule has 0 atom stereocenters. The molecule has 19 heavy (non-hydrogen) atoms. The van der Waals surface area contributed by atoms with Crippen LogP contribution in [-0.4, -0.2) is 31.1 Å². The van der Waals surface area contributed by atoms with E-state index in [-0.39, 0.29) is 18.5 Å². The SMILES string of the molecule is CCOC(=O)c1ccccc1NC(=O)CNC(C)C. The number of hydrogen-bond donors (Lipinski definition) is 2. The number of rotatable bonds is 6. The second-order valence-electron chi connectivity index (χ2n) is 4.35. The van der Waals surface area contributed by atoms with Crippen molar-refractivity contribution in [3.8, 4) is 0 Å². The molecule has 1 aromatic carbocycles. The van der Waals surface area contributed by atoms with Gasteiger partial charge in [-0.2, -0.15) is 0 Å². The zero-order valence-corrected chi connectivity index (χ0v) is 11.5. The second kappa shape index (κ2) is 7.53. The molecule has 1 rings (SSSR count). The van der Waals surface area contributed by atoms with Crippen molar-refractivity contribution in [3.05, 3.63) is 29.8 Å². The van der Waals surface area contributed by atoms with E-state index in [0.29, 0.717) is 17.9 Å². The predicted molar refractivity (Wildman–Crippen MR) is 74.2 cm³/mol. The summed E-state index contributed by atoms with van der Waals surface area (Å²) in [7, 11) is 0. The van der Waals surface area contributed by atoms with E-state index >= 15 is 0 Å². The smallest absolute Gasteiger partial charge is 0.340 e. The number of ether oxygens (including phenoxy) is 1. The molecule has 0 aliphatic carbocycles. The topological polar surface area (TPSA) is 67.4 Å². The molecular weight excluding hydrogens is 244 g/mol. The summed E-state index contributed by atoms with van der Waals surface area (Å²) >= 11 is 0. The van der Waals surface area contributed by atoms with Gasteiger partial charge in [-0.25, -0.2) is 4.79 Å². The fourth-order valence-electron chi connectivity index (χ4n) is 1.47. The first-order valence-electron chi connectivity index (χ1n) is 6.34. The van der Waals surface area contributed by atoms with Crippen molar-refractivity contribution in [3.63, 3.8) is 0 Å². The van der Waals surface area contributed by atoms with Crippen LogP contribution < -0.4 is 10.6 Å². The Morgan fingerprint density at radius 1 is 1.26 bits per heavy atom. The number of carbonyl (C=O) groups is 2. The largest absolute Gasteiger partial charge is 0.462 e. The van der Waals surface area contributed by atoms with Crippen molar-refractivity contribution >= 4 is 17.6 Å². The minimum atomic E-state index is -0.435. The van der Waals surface area contributed by atoms with E-state index in [9.17, 15) is 9.59 Å². The molecule has 0 heterocycles. The van der Waals surface area contributed by atoms with Gasteiger partial charge < -0.3 is 15.4 Å². The third-order valence-electron chi connectivity index (χ3n) is 2.37. The van der Waals surface area contributed by atoms with E-state index in [1.54, 1.807) is 31.2 Å². The van der Waals surface area contributed by atoms with Crippen LogP contribution in [0.4, 0.5) is 5.69 Å². The van der Waals surface area contributed by atoms with Crippen LogP contribution in [0.1, 0.15) is 31.1 Å². The molecule has 1 amide bonds. The van der Waals surface area contributed by atoms with E-state index in [0.717, 1.165) is 0 Å². The Kier molecular flexibility index (Phi) is 6.02. The molecule has 104 valence electrons. The van der Waals surface area contributed by atoms with Gasteiger partial charge in [0.05, 0.1) is 24.4 Å². The van der Waals surface area contributed by atoms with Crippen LogP contribution in [0.25, 0.3) is 0 Å². The molecule has 0 aliphatic rings. The fraction of sp³-hybridized carbons (Fsp3) is 0.429. The first kappa shape index (κ1) is 15.2. The zero-order chi connectivity index (χ0) is 14.3. The van der Waals surface area contributed by atoms with Crippen LogP contribution in [0.3, 0.4) is 0 Å². The summed E-state index contributed by atoms with van der Waals surface area (Å²) in [6, 6.07) is 7.02. The van der Waals surface area contributed by atoms with Gasteiger partial charge >= 0.3 is 5.97 Å². The minimum Gasteiger partial charge on any atom is -0.462 e. The molecule has 0 aromatic heterocycles. The average molecular weight is 264 g/mol. The Bertz CT molecular complexity index is 444. The van der Waals surface area contributed by atoms with Crippen molar-refractivity contribution in [1.82, 2.24) is 5.32 Å². The van der Waals surface area contributed by atoms with Crippen molar-refractivity contribution in [2.24, 2.45) is 0 Å². The highest BCUT2D eigenvalue weighted by Crippen LogP contribution is 2.16. The van der Waals surface area contributed by atoms with Crippen molar-refractivity contribution in [2.75, 3.05) is 18.5 Å². The van der Waals surface area contributed by atoms with Crippen LogP contribution in [0.2, 0.25) is 0 Å². The molecule has 2 N–H and O–H groups in total. The summed E-state index contributed by atoms with van der Waals surface area (Å²) in [6.07, 6.45) is 0. The predicted octanol–water partition coefficient (Wildman–Crippen LogP) is 1.80. The lowest BCUT2D eigenvalue weighted by atomic mass is 10.2. The molecule has 0 unspecified atom stereocenters. The van der Waals surface area contributed by atoms with Gasteiger partial charge in [0, 0.05) is 6.04 Å². The highest BCUT2D eigenvalue weighted by atomic mass is 16.5. The molecule has 0 spiro atoms. The van der Waals surface area contributed by atoms with Crippen LogP contribution in [0.15, 0.2) is 24.3 Å². The van der Waals surface area contributed by atoms with E-state index in [1.165, 1.54) is 0 Å². The summed E-state index contributed by atoms with van der Waals surface area (Å²) in [5.74, 6) is -0.624. The van der Waals surface area contributed by atoms with Crippen LogP contribution in [0.5, 0.6) is 0 Å². The monoisotopic (exact) mass is 264 g/mol. The van der Waals surface area contributed by atoms with Gasteiger partial charge in [-0.1, -0.05) is 26.0 Å². The van der Waals surface area contributed by atoms with E-state index in [4.69, 9.17) is 4.74 Å². The number of nitrogens with one attached hydrogen (secondary N) is 2. The van der Waals surface area contributed by atoms with Crippen molar-refractivity contribution < 1.29 is 14.3 Å². The number of benzene rings is 1. The van der Waals surface area contributed by atoms with E-state index in [1.807, 2.05) is 13.8 Å². The zero-order valence-electron chi connectivity index (χ0n) is 11.5. The Morgan fingerprint density at radius 3 is 2.58 bits per heavy atom. The average Bonchev–Trinajstić information content (AvgIpc) is 2.37. The molecule has 0 aliphatic heterocycles. The first-order valence-corrected chi connectivity index (χ1v) is 6.34. The first-order chi connectivity index (χ1) is 9.04. The van der Waals surface area contributed by atoms with Gasteiger partial charge in [0.1, 0.15) is 0 Å². The molecular formula is C14H20N2O3. The summed E-state index contributed by atoms with van der Waals surface area (Å²) in [6.45, 7) is 6.16. The third kappa shape index (κ3) is 5.09. The Balaban J connectivity index is 2.72. The normalized spacial score (nSPS) is 10.3. The minimum absolute atomic E-state index is 0.189. The van der Waals surface area contributed by atoms with Gasteiger partial charge in [0.25, 0.3) is 0 Å². The number of carbonyl (C=O) groups excluding carboxylic acids is 2. The van der Waals surface area contributed by atoms with Gasteiger partial charge in [-0.15, -0.1) is 0 Å². The number of hydrogen-bond acceptors (Lipinski definition) is 4. The van der Waals surface area contributed by atoms with Gasteiger partial charge in [-0.3, -0.25) is 4.79 Å². The quantitative estimate of drug-likeness (QED) is 0.769. The lowest BCUT2D eigenvalue weighted by Gasteiger charge is -2.11. The summed E-state index contributed by atoms with van der Waals surface area (Å²) < 4.78 is 4.94. The maximum Gasteiger partial charge on any atom is 0.340 e. The molecule has 0 saturated carbocycles. The molecule has 5 nitrogen and oxygen atoms in total. The number of anilines is 1. The van der Waals surface area contributed by atoms with Gasteiger partial charge in [-0.05, 0) is 19.1 Å². The molecule has 0 radical (unpaired) electrons. The number of amides is 1. The highest BCUT2D eigenvalue weighted by Gasteiger charge is 2.13. The van der Waals surface area contributed by atoms with Crippen LogP contribution in [0, 0.1) is 0 Å². The fourth-order valence-corrected chi connectivity index (χ4v) is 1.47. The second-order valence-corrected chi connectivity index (χ2v) is 4.35. The van der Waals surface area contributed by atoms with Crippen LogP contribution >= 0.6 is 0 Å². The summed E-state index contributed by atoms with van der Waals surface area (Å²) in [5.41, 5.74) is 0.832. The standard InChI is InChI=1S/C14H20N2O3/c1-4-19-14(18)11-7-5-6-8-12(11)16-13(17)9-15-10(2)3/h5-8,10,15H,4,9H2,1-3H3,(H,16,17). The maximum absolute atomic E-state index is 11.7. The van der Waals surface area contributed by atoms with Crippen molar-refractivity contribution in [2.45, 2.75) is 26.8 Å². The van der Waals surface area contributed by atoms with Crippen molar-refractivity contribution in [1.29, 1.82) is 0 Å². The Hall–Kier alpha value is -1.88. The molecule has 0 bridgehead atoms. The number of esters is 1. The molecule has 1 aromatic rings. The number of para-hydroxylation sites is 1.